The van der Waals surface area contributed by atoms with Gasteiger partial charge in [0.15, 0.2) is 0 Å². The summed E-state index contributed by atoms with van der Waals surface area (Å²) in [7, 11) is 0. The first-order valence-electron chi connectivity index (χ1n) is 5.74. The summed E-state index contributed by atoms with van der Waals surface area (Å²) in [4.78, 5) is 0. The van der Waals surface area contributed by atoms with E-state index in [-0.39, 0.29) is 6.04 Å². The van der Waals surface area contributed by atoms with E-state index >= 15 is 0 Å². The van der Waals surface area contributed by atoms with Crippen LogP contribution in [0.25, 0.3) is 0 Å². The maximum Gasteiger partial charge on any atom is 0.0595 e. The second kappa shape index (κ2) is 5.80. The van der Waals surface area contributed by atoms with E-state index in [0.717, 1.165) is 6.54 Å². The Labute approximate surface area is 115 Å². The highest BCUT2D eigenvalue weighted by molar-refractivity contribution is 9.10. The van der Waals surface area contributed by atoms with Gasteiger partial charge < -0.3 is 5.32 Å². The minimum atomic E-state index is 0.279. The molecule has 0 spiro atoms. The van der Waals surface area contributed by atoms with Crippen LogP contribution in [-0.2, 0) is 0 Å². The standard InChI is InChI=1S/C14H16BrNS/c1-3-16-14(11-6-7-17-9-11)12-5-4-10(2)8-13(12)15/h4-9,14,16H,3H2,1-2H3. The molecular formula is C14H16BrNS. The summed E-state index contributed by atoms with van der Waals surface area (Å²) in [6.07, 6.45) is 0. The number of rotatable bonds is 4. The highest BCUT2D eigenvalue weighted by Crippen LogP contribution is 2.30. The third kappa shape index (κ3) is 2.97. The van der Waals surface area contributed by atoms with Gasteiger partial charge in [-0.2, -0.15) is 11.3 Å². The monoisotopic (exact) mass is 309 g/mol. The summed E-state index contributed by atoms with van der Waals surface area (Å²) in [5.74, 6) is 0. The molecule has 1 atom stereocenters. The molecule has 3 heteroatoms. The predicted octanol–water partition coefficient (Wildman–Crippen LogP) is 4.52. The second-order valence-electron chi connectivity index (χ2n) is 4.07. The van der Waals surface area contributed by atoms with E-state index < -0.39 is 0 Å². The topological polar surface area (TPSA) is 12.0 Å². The molecule has 1 nitrogen and oxygen atoms in total. The van der Waals surface area contributed by atoms with Gasteiger partial charge in [0.25, 0.3) is 0 Å². The first kappa shape index (κ1) is 12.8. The van der Waals surface area contributed by atoms with Crippen LogP contribution in [0.1, 0.15) is 29.7 Å². The van der Waals surface area contributed by atoms with Crippen molar-refractivity contribution in [3.63, 3.8) is 0 Å². The lowest BCUT2D eigenvalue weighted by molar-refractivity contribution is 0.630. The van der Waals surface area contributed by atoms with E-state index in [0.29, 0.717) is 0 Å². The van der Waals surface area contributed by atoms with Crippen molar-refractivity contribution < 1.29 is 0 Å². The molecule has 17 heavy (non-hydrogen) atoms. The van der Waals surface area contributed by atoms with Crippen LogP contribution in [0.2, 0.25) is 0 Å². The van der Waals surface area contributed by atoms with Gasteiger partial charge >= 0.3 is 0 Å². The Hall–Kier alpha value is -0.640. The Morgan fingerprint density at radius 3 is 2.76 bits per heavy atom. The summed E-state index contributed by atoms with van der Waals surface area (Å²) in [5, 5.41) is 7.87. The van der Waals surface area contributed by atoms with Gasteiger partial charge in [0.05, 0.1) is 6.04 Å². The van der Waals surface area contributed by atoms with Crippen molar-refractivity contribution >= 4 is 27.3 Å². The molecule has 1 heterocycles. The van der Waals surface area contributed by atoms with Crippen LogP contribution < -0.4 is 5.32 Å². The number of hydrogen-bond donors (Lipinski definition) is 1. The summed E-state index contributed by atoms with van der Waals surface area (Å²) in [6, 6.07) is 9.00. The number of aryl methyl sites for hydroxylation is 1. The molecule has 0 aliphatic rings. The molecule has 0 amide bonds. The molecule has 1 unspecified atom stereocenters. The Bertz CT molecular complexity index is 479. The second-order valence-corrected chi connectivity index (χ2v) is 5.71. The molecule has 0 bridgehead atoms. The summed E-state index contributed by atoms with van der Waals surface area (Å²) in [5.41, 5.74) is 3.92. The smallest absolute Gasteiger partial charge is 0.0595 e. The van der Waals surface area contributed by atoms with E-state index in [4.69, 9.17) is 0 Å². The van der Waals surface area contributed by atoms with Crippen molar-refractivity contribution in [3.05, 3.63) is 56.2 Å². The predicted molar refractivity (Wildman–Crippen MR) is 78.7 cm³/mol. The Balaban J connectivity index is 2.39. The molecular weight excluding hydrogens is 294 g/mol. The first-order valence-corrected chi connectivity index (χ1v) is 7.47. The van der Waals surface area contributed by atoms with Gasteiger partial charge in [0.1, 0.15) is 0 Å². The third-order valence-electron chi connectivity index (χ3n) is 2.75. The zero-order chi connectivity index (χ0) is 12.3. The zero-order valence-electron chi connectivity index (χ0n) is 10.0. The van der Waals surface area contributed by atoms with Gasteiger partial charge in [-0.1, -0.05) is 35.0 Å². The van der Waals surface area contributed by atoms with Crippen LogP contribution in [0.15, 0.2) is 39.5 Å². The lowest BCUT2D eigenvalue weighted by Crippen LogP contribution is -2.21. The first-order chi connectivity index (χ1) is 8.22. The molecule has 0 radical (unpaired) electrons. The molecule has 0 saturated heterocycles. The fraction of sp³-hybridized carbons (Fsp3) is 0.286. The van der Waals surface area contributed by atoms with Crippen LogP contribution in [-0.4, -0.2) is 6.54 Å². The van der Waals surface area contributed by atoms with E-state index in [1.165, 1.54) is 21.2 Å². The highest BCUT2D eigenvalue weighted by atomic mass is 79.9. The molecule has 0 saturated carbocycles. The van der Waals surface area contributed by atoms with Gasteiger partial charge in [-0.25, -0.2) is 0 Å². The summed E-state index contributed by atoms with van der Waals surface area (Å²) < 4.78 is 1.18. The SMILES string of the molecule is CCNC(c1ccsc1)c1ccc(C)cc1Br. The fourth-order valence-corrected chi connectivity index (χ4v) is 3.33. The molecule has 0 aliphatic heterocycles. The largest absolute Gasteiger partial charge is 0.306 e. The van der Waals surface area contributed by atoms with Gasteiger partial charge in [-0.15, -0.1) is 0 Å². The Morgan fingerprint density at radius 1 is 1.35 bits per heavy atom. The molecule has 90 valence electrons. The van der Waals surface area contributed by atoms with E-state index in [9.17, 15) is 0 Å². The molecule has 1 N–H and O–H groups in total. The van der Waals surface area contributed by atoms with Crippen LogP contribution in [0, 0.1) is 6.92 Å². The molecule has 0 aliphatic carbocycles. The fourth-order valence-electron chi connectivity index (χ4n) is 1.92. The minimum absolute atomic E-state index is 0.279. The maximum atomic E-state index is 3.67. The molecule has 1 aromatic carbocycles. The van der Waals surface area contributed by atoms with Gasteiger partial charge in [0, 0.05) is 4.47 Å². The number of benzene rings is 1. The molecule has 1 aromatic heterocycles. The van der Waals surface area contributed by atoms with Crippen molar-refractivity contribution in [3.8, 4) is 0 Å². The maximum absolute atomic E-state index is 3.67. The Morgan fingerprint density at radius 2 is 2.18 bits per heavy atom. The minimum Gasteiger partial charge on any atom is -0.306 e. The average molecular weight is 310 g/mol. The van der Waals surface area contributed by atoms with E-state index in [1.54, 1.807) is 11.3 Å². The van der Waals surface area contributed by atoms with E-state index in [1.807, 2.05) is 0 Å². The number of nitrogens with one attached hydrogen (secondary N) is 1. The number of hydrogen-bond acceptors (Lipinski definition) is 2. The van der Waals surface area contributed by atoms with Crippen molar-refractivity contribution in [2.24, 2.45) is 0 Å². The van der Waals surface area contributed by atoms with Crippen LogP contribution in [0.5, 0.6) is 0 Å². The van der Waals surface area contributed by atoms with Crippen molar-refractivity contribution in [1.82, 2.24) is 5.32 Å². The number of halogens is 1. The molecule has 0 fully saturated rings. The van der Waals surface area contributed by atoms with Crippen LogP contribution in [0.3, 0.4) is 0 Å². The van der Waals surface area contributed by atoms with Gasteiger partial charge in [0.2, 0.25) is 0 Å². The average Bonchev–Trinajstić information content (AvgIpc) is 2.80. The van der Waals surface area contributed by atoms with Gasteiger partial charge in [-0.05, 0) is 53.1 Å². The quantitative estimate of drug-likeness (QED) is 0.875. The third-order valence-corrected chi connectivity index (χ3v) is 4.14. The highest BCUT2D eigenvalue weighted by Gasteiger charge is 2.15. The van der Waals surface area contributed by atoms with Crippen molar-refractivity contribution in [1.29, 1.82) is 0 Å². The van der Waals surface area contributed by atoms with Crippen LogP contribution >= 0.6 is 27.3 Å². The lowest BCUT2D eigenvalue weighted by Gasteiger charge is -2.19. The molecule has 2 rings (SSSR count). The lowest BCUT2D eigenvalue weighted by atomic mass is 10.0. The van der Waals surface area contributed by atoms with E-state index in [2.05, 4.69) is 70.1 Å². The van der Waals surface area contributed by atoms with Crippen molar-refractivity contribution in [2.75, 3.05) is 6.54 Å². The Kier molecular flexibility index (Phi) is 4.37. The number of thiophene rings is 1. The van der Waals surface area contributed by atoms with Crippen molar-refractivity contribution in [2.45, 2.75) is 19.9 Å². The van der Waals surface area contributed by atoms with Crippen LogP contribution in [0.4, 0.5) is 0 Å². The van der Waals surface area contributed by atoms with Gasteiger partial charge in [-0.3, -0.25) is 0 Å². The normalized spacial score (nSPS) is 12.6. The zero-order valence-corrected chi connectivity index (χ0v) is 12.4. The molecule has 2 aromatic rings. The summed E-state index contributed by atoms with van der Waals surface area (Å²) >= 11 is 5.41. The summed E-state index contributed by atoms with van der Waals surface area (Å²) in [6.45, 7) is 5.21.